The first-order chi connectivity index (χ1) is 17.2. The Morgan fingerprint density at radius 1 is 1.31 bits per heavy atom. The number of primary amides is 1. The Balaban J connectivity index is 1.46. The van der Waals surface area contributed by atoms with Gasteiger partial charge < -0.3 is 19.9 Å². The number of rotatable bonds is 4. The normalized spacial score (nSPS) is 19.2. The van der Waals surface area contributed by atoms with Crippen LogP contribution >= 0.6 is 0 Å². The van der Waals surface area contributed by atoms with E-state index in [4.69, 9.17) is 15.2 Å². The van der Waals surface area contributed by atoms with Crippen LogP contribution in [0.5, 0.6) is 0 Å². The SMILES string of the molecule is Cc1nc(C(C)(O)C#Cc2ccc3c(c2)-c2nc(C(N)=O)c(Cc4ccnn4C)n2C2CC3C2)no1. The van der Waals surface area contributed by atoms with Crippen LogP contribution in [0.4, 0.5) is 0 Å². The number of aryl methyl sites for hydroxylation is 2. The lowest BCUT2D eigenvalue weighted by Crippen LogP contribution is -2.25. The summed E-state index contributed by atoms with van der Waals surface area (Å²) in [6.45, 7) is 3.18. The van der Waals surface area contributed by atoms with Crippen molar-refractivity contribution < 1.29 is 14.4 Å². The number of benzene rings is 1. The van der Waals surface area contributed by atoms with Crippen molar-refractivity contribution in [3.63, 3.8) is 0 Å². The molecule has 3 aromatic heterocycles. The molecular formula is C26H25N7O3. The van der Waals surface area contributed by atoms with Gasteiger partial charge in [-0.15, -0.1) is 0 Å². The van der Waals surface area contributed by atoms with E-state index in [2.05, 4.69) is 37.7 Å². The number of carbonyl (C=O) groups excluding carboxylic acids is 1. The maximum absolute atomic E-state index is 12.4. The molecule has 5 heterocycles. The molecule has 182 valence electrons. The van der Waals surface area contributed by atoms with E-state index in [1.807, 2.05) is 25.2 Å². The minimum Gasteiger partial charge on any atom is -0.371 e. The van der Waals surface area contributed by atoms with Crippen LogP contribution < -0.4 is 5.73 Å². The van der Waals surface area contributed by atoms with Crippen LogP contribution in [0.1, 0.15) is 76.4 Å². The Kier molecular flexibility index (Phi) is 4.88. The zero-order valence-corrected chi connectivity index (χ0v) is 20.2. The van der Waals surface area contributed by atoms with Crippen molar-refractivity contribution in [3.8, 4) is 23.2 Å². The molecule has 1 aliphatic carbocycles. The predicted molar refractivity (Wildman–Crippen MR) is 129 cm³/mol. The minimum atomic E-state index is -1.57. The second-order valence-electron chi connectivity index (χ2n) is 9.67. The van der Waals surface area contributed by atoms with Crippen LogP contribution in [0.25, 0.3) is 11.4 Å². The van der Waals surface area contributed by atoms with Gasteiger partial charge in [-0.3, -0.25) is 9.48 Å². The van der Waals surface area contributed by atoms with E-state index < -0.39 is 11.5 Å². The van der Waals surface area contributed by atoms with Crippen LogP contribution in [-0.2, 0) is 19.1 Å². The Bertz CT molecular complexity index is 1570. The van der Waals surface area contributed by atoms with Gasteiger partial charge >= 0.3 is 0 Å². The molecular weight excluding hydrogens is 458 g/mol. The molecule has 3 aliphatic rings. The molecule has 0 spiro atoms. The third kappa shape index (κ3) is 3.51. The number of hydrogen-bond acceptors (Lipinski definition) is 7. The Labute approximate surface area is 207 Å². The van der Waals surface area contributed by atoms with Crippen LogP contribution in [0.2, 0.25) is 0 Å². The number of nitrogens with two attached hydrogens (primary N) is 1. The third-order valence-electron chi connectivity index (χ3n) is 7.14. The molecule has 1 amide bonds. The fourth-order valence-corrected chi connectivity index (χ4v) is 5.15. The van der Waals surface area contributed by atoms with Crippen molar-refractivity contribution in [3.05, 3.63) is 70.4 Å². The summed E-state index contributed by atoms with van der Waals surface area (Å²) in [5.74, 6) is 6.97. The molecule has 0 saturated heterocycles. The van der Waals surface area contributed by atoms with Gasteiger partial charge in [-0.25, -0.2) is 4.98 Å². The van der Waals surface area contributed by atoms with E-state index in [1.54, 1.807) is 17.8 Å². The van der Waals surface area contributed by atoms with Gasteiger partial charge in [0.15, 0.2) is 5.60 Å². The van der Waals surface area contributed by atoms with E-state index in [0.29, 0.717) is 23.8 Å². The molecule has 1 aromatic carbocycles. The number of aliphatic hydroxyl groups is 1. The van der Waals surface area contributed by atoms with Gasteiger partial charge in [0.05, 0.1) is 5.69 Å². The molecule has 1 fully saturated rings. The zero-order chi connectivity index (χ0) is 25.2. The fraction of sp³-hybridized carbons (Fsp3) is 0.346. The van der Waals surface area contributed by atoms with Crippen molar-refractivity contribution in [2.45, 2.75) is 50.7 Å². The number of aromatic nitrogens is 6. The second-order valence-corrected chi connectivity index (χ2v) is 9.67. The van der Waals surface area contributed by atoms with Crippen molar-refractivity contribution in [1.29, 1.82) is 0 Å². The summed E-state index contributed by atoms with van der Waals surface area (Å²) in [5.41, 5.74) is 9.11. The number of nitrogens with zero attached hydrogens (tertiary/aromatic N) is 6. The van der Waals surface area contributed by atoms with E-state index in [9.17, 15) is 9.90 Å². The van der Waals surface area contributed by atoms with Crippen molar-refractivity contribution in [2.24, 2.45) is 12.8 Å². The smallest absolute Gasteiger partial charge is 0.269 e. The monoisotopic (exact) mass is 483 g/mol. The Morgan fingerprint density at radius 3 is 2.78 bits per heavy atom. The molecule has 0 radical (unpaired) electrons. The molecule has 4 aromatic rings. The number of hydrogen-bond donors (Lipinski definition) is 2. The van der Waals surface area contributed by atoms with Crippen LogP contribution in [-0.4, -0.2) is 40.5 Å². The number of carbonyl (C=O) groups is 1. The summed E-state index contributed by atoms with van der Waals surface area (Å²) in [6.07, 6.45) is 4.20. The molecule has 10 heteroatoms. The van der Waals surface area contributed by atoms with Crippen LogP contribution in [0, 0.1) is 18.8 Å². The first-order valence-corrected chi connectivity index (χ1v) is 11.8. The zero-order valence-electron chi connectivity index (χ0n) is 20.2. The standard InChI is InChI=1S/C26H25N7O3/c1-14-29-25(31-36-14)26(2,35)8-6-15-4-5-19-16-11-18(12-16)33-21(13-17-7-9-28-32(17)3)22(23(27)34)30-24(33)20(19)10-15/h4-5,7,9-10,16,18,35H,11-13H2,1-3H3,(H2,27,34). The average molecular weight is 484 g/mol. The van der Waals surface area contributed by atoms with Gasteiger partial charge in [-0.1, -0.05) is 23.1 Å². The van der Waals surface area contributed by atoms with Crippen LogP contribution in [0.15, 0.2) is 35.0 Å². The maximum atomic E-state index is 12.4. The van der Waals surface area contributed by atoms with Crippen LogP contribution in [0.3, 0.4) is 0 Å². The lowest BCUT2D eigenvalue weighted by Gasteiger charge is -2.35. The van der Waals surface area contributed by atoms with Gasteiger partial charge in [-0.05, 0) is 49.4 Å². The first kappa shape index (κ1) is 22.2. The molecule has 1 unspecified atom stereocenters. The minimum absolute atomic E-state index is 0.115. The van der Waals surface area contributed by atoms with Crippen molar-refractivity contribution >= 4 is 5.91 Å². The highest BCUT2D eigenvalue weighted by Gasteiger charge is 2.41. The molecule has 7 rings (SSSR count). The van der Waals surface area contributed by atoms with Gasteiger partial charge in [-0.2, -0.15) is 10.1 Å². The molecule has 36 heavy (non-hydrogen) atoms. The summed E-state index contributed by atoms with van der Waals surface area (Å²) in [4.78, 5) is 21.3. The molecule has 10 nitrogen and oxygen atoms in total. The molecule has 2 bridgehead atoms. The Morgan fingerprint density at radius 2 is 2.11 bits per heavy atom. The summed E-state index contributed by atoms with van der Waals surface area (Å²) >= 11 is 0. The fourth-order valence-electron chi connectivity index (χ4n) is 5.15. The van der Waals surface area contributed by atoms with E-state index >= 15 is 0 Å². The van der Waals surface area contributed by atoms with Crippen molar-refractivity contribution in [1.82, 2.24) is 29.5 Å². The van der Waals surface area contributed by atoms with Gasteiger partial charge in [0.25, 0.3) is 5.91 Å². The Hall–Kier alpha value is -4.23. The number of amides is 1. The third-order valence-corrected chi connectivity index (χ3v) is 7.14. The van der Waals surface area contributed by atoms with Gasteiger partial charge in [0, 0.05) is 49.5 Å². The highest BCUT2D eigenvalue weighted by atomic mass is 16.5. The summed E-state index contributed by atoms with van der Waals surface area (Å²) in [6, 6.07) is 8.17. The topological polar surface area (TPSA) is 138 Å². The largest absolute Gasteiger partial charge is 0.371 e. The highest BCUT2D eigenvalue weighted by molar-refractivity contribution is 5.93. The predicted octanol–water partition coefficient (Wildman–Crippen LogP) is 2.36. The van der Waals surface area contributed by atoms with E-state index in [0.717, 1.165) is 35.6 Å². The summed E-state index contributed by atoms with van der Waals surface area (Å²) in [5, 5.41) is 18.8. The lowest BCUT2D eigenvalue weighted by atomic mass is 9.75. The first-order valence-electron chi connectivity index (χ1n) is 11.8. The summed E-state index contributed by atoms with van der Waals surface area (Å²) in [7, 11) is 1.88. The van der Waals surface area contributed by atoms with Crippen molar-refractivity contribution in [2.75, 3.05) is 0 Å². The lowest BCUT2D eigenvalue weighted by molar-refractivity contribution is 0.0994. The molecule has 3 N–H and O–H groups in total. The summed E-state index contributed by atoms with van der Waals surface area (Å²) < 4.78 is 8.96. The van der Waals surface area contributed by atoms with E-state index in [1.165, 1.54) is 12.5 Å². The molecule has 1 atom stereocenters. The average Bonchev–Trinajstić information content (AvgIpc) is 3.48. The molecule has 2 aliphatic heterocycles. The van der Waals surface area contributed by atoms with Gasteiger partial charge in [0.1, 0.15) is 11.5 Å². The van der Waals surface area contributed by atoms with E-state index in [-0.39, 0.29) is 17.6 Å². The molecule has 1 saturated carbocycles. The highest BCUT2D eigenvalue weighted by Crippen LogP contribution is 2.53. The number of imidazole rings is 1. The quantitative estimate of drug-likeness (QED) is 0.425. The van der Waals surface area contributed by atoms with Gasteiger partial charge in [0.2, 0.25) is 11.7 Å². The maximum Gasteiger partial charge on any atom is 0.269 e. The second kappa shape index (κ2) is 7.90.